The first kappa shape index (κ1) is 30.1. The summed E-state index contributed by atoms with van der Waals surface area (Å²) in [6.07, 6.45) is 5.51. The molecule has 9 nitrogen and oxygen atoms in total. The second-order valence-corrected chi connectivity index (χ2v) is 15.4. The fraction of sp³-hybridized carbons (Fsp3) is 0.939. The molecule has 9 heteroatoms. The SMILES string of the molecule is C[C@H]1[C@H]2[C@H](C[C@H]3[C@@H]4CC=C5C[C@@H](O[C@@H]6O[C@H](CO)[C@@H](O)[C@H](O)[C@H]6O)CC[C@]5(C)[C@H]4CC[C@]23C)O[C@]12CC[C@@H](CO)CO2. The van der Waals surface area contributed by atoms with Crippen molar-refractivity contribution in [3.8, 4) is 0 Å². The van der Waals surface area contributed by atoms with Gasteiger partial charge in [0.25, 0.3) is 0 Å². The van der Waals surface area contributed by atoms with Crippen LogP contribution in [0.5, 0.6) is 0 Å². The minimum absolute atomic E-state index is 0.122. The van der Waals surface area contributed by atoms with Crippen molar-refractivity contribution < 1.29 is 44.5 Å². The third-order valence-corrected chi connectivity index (χ3v) is 13.6. The van der Waals surface area contributed by atoms with Gasteiger partial charge in [-0.05, 0) is 85.9 Å². The van der Waals surface area contributed by atoms with Crippen LogP contribution < -0.4 is 0 Å². The highest BCUT2D eigenvalue weighted by atomic mass is 16.7. The van der Waals surface area contributed by atoms with E-state index in [-0.39, 0.29) is 35.6 Å². The molecule has 0 bridgehead atoms. The molecule has 3 heterocycles. The van der Waals surface area contributed by atoms with Crippen LogP contribution in [0.2, 0.25) is 0 Å². The zero-order chi connectivity index (χ0) is 29.6. The largest absolute Gasteiger partial charge is 0.396 e. The molecule has 3 saturated carbocycles. The molecule has 1 spiro atoms. The molecule has 7 aliphatic rings. The Morgan fingerprint density at radius 3 is 2.48 bits per heavy atom. The fourth-order valence-electron chi connectivity index (χ4n) is 11.2. The van der Waals surface area contributed by atoms with Gasteiger partial charge in [-0.15, -0.1) is 0 Å². The predicted octanol–water partition coefficient (Wildman–Crippen LogP) is 2.51. The lowest BCUT2D eigenvalue weighted by molar-refractivity contribution is -0.313. The van der Waals surface area contributed by atoms with Crippen LogP contribution in [0.1, 0.15) is 78.6 Å². The van der Waals surface area contributed by atoms with Crippen molar-refractivity contribution in [2.24, 2.45) is 46.3 Å². The standard InChI is InChI=1S/C33H52O9/c1-17-26-24(42-33(17)11-6-18(14-34)16-39-33)13-23-21-5-4-19-12-20(7-9-31(19,2)22(21)8-10-32(23,26)3)40-30-29(38)28(37)27(36)25(15-35)41-30/h4,17-18,20-30,34-38H,5-16H2,1-3H3/t17-,18-,20-,21+,22-,23-,24-,25+,26-,27+,28-,29+,30+,31-,32-,33+/m0/s1. The molecule has 0 aromatic heterocycles. The zero-order valence-electron chi connectivity index (χ0n) is 25.4. The summed E-state index contributed by atoms with van der Waals surface area (Å²) >= 11 is 0. The van der Waals surface area contributed by atoms with Crippen LogP contribution in [-0.2, 0) is 18.9 Å². The summed E-state index contributed by atoms with van der Waals surface area (Å²) in [7, 11) is 0. The molecule has 0 radical (unpaired) electrons. The van der Waals surface area contributed by atoms with E-state index in [9.17, 15) is 25.5 Å². The van der Waals surface area contributed by atoms with Crippen molar-refractivity contribution in [1.82, 2.24) is 0 Å². The molecule has 4 aliphatic carbocycles. The van der Waals surface area contributed by atoms with Crippen molar-refractivity contribution in [1.29, 1.82) is 0 Å². The summed E-state index contributed by atoms with van der Waals surface area (Å²) in [5.41, 5.74) is 1.82. The normalized spacial score (nSPS) is 57.2. The Labute approximate surface area is 249 Å². The van der Waals surface area contributed by atoms with Gasteiger partial charge in [0.05, 0.1) is 25.4 Å². The number of allylic oxidation sites excluding steroid dienone is 1. The van der Waals surface area contributed by atoms with Crippen LogP contribution >= 0.6 is 0 Å². The van der Waals surface area contributed by atoms with Gasteiger partial charge in [-0.3, -0.25) is 0 Å². The molecule has 3 aliphatic heterocycles. The van der Waals surface area contributed by atoms with Crippen LogP contribution in [0.25, 0.3) is 0 Å². The molecule has 238 valence electrons. The summed E-state index contributed by atoms with van der Waals surface area (Å²) in [5, 5.41) is 50.0. The van der Waals surface area contributed by atoms with Gasteiger partial charge in [0.15, 0.2) is 12.1 Å². The Bertz CT molecular complexity index is 1040. The monoisotopic (exact) mass is 592 g/mol. The van der Waals surface area contributed by atoms with Crippen molar-refractivity contribution in [3.05, 3.63) is 11.6 Å². The molecule has 0 aromatic carbocycles. The van der Waals surface area contributed by atoms with Crippen molar-refractivity contribution in [3.63, 3.8) is 0 Å². The van der Waals surface area contributed by atoms with Crippen LogP contribution in [0.4, 0.5) is 0 Å². The Morgan fingerprint density at radius 1 is 0.952 bits per heavy atom. The second-order valence-electron chi connectivity index (χ2n) is 15.4. The smallest absolute Gasteiger partial charge is 0.186 e. The molecule has 7 rings (SSSR count). The van der Waals surface area contributed by atoms with Crippen molar-refractivity contribution in [2.75, 3.05) is 19.8 Å². The molecule has 0 amide bonds. The Balaban J connectivity index is 1.04. The van der Waals surface area contributed by atoms with Gasteiger partial charge in [0.2, 0.25) is 0 Å². The van der Waals surface area contributed by atoms with E-state index < -0.39 is 43.1 Å². The third-order valence-electron chi connectivity index (χ3n) is 13.6. The first-order valence-corrected chi connectivity index (χ1v) is 16.6. The van der Waals surface area contributed by atoms with E-state index in [1.165, 1.54) is 18.4 Å². The van der Waals surface area contributed by atoms with Crippen LogP contribution in [0.3, 0.4) is 0 Å². The van der Waals surface area contributed by atoms with Gasteiger partial charge >= 0.3 is 0 Å². The van der Waals surface area contributed by atoms with Gasteiger partial charge in [0.1, 0.15) is 24.4 Å². The predicted molar refractivity (Wildman–Crippen MR) is 152 cm³/mol. The highest BCUT2D eigenvalue weighted by Gasteiger charge is 2.68. The van der Waals surface area contributed by atoms with Crippen molar-refractivity contribution in [2.45, 2.75) is 127 Å². The lowest BCUT2D eigenvalue weighted by atomic mass is 9.47. The molecular weight excluding hydrogens is 540 g/mol. The number of ether oxygens (including phenoxy) is 4. The minimum Gasteiger partial charge on any atom is -0.396 e. The van der Waals surface area contributed by atoms with E-state index >= 15 is 0 Å². The first-order chi connectivity index (χ1) is 20.0. The minimum atomic E-state index is -1.42. The molecule has 0 unspecified atom stereocenters. The average molecular weight is 593 g/mol. The van der Waals surface area contributed by atoms with Gasteiger partial charge in [-0.1, -0.05) is 32.4 Å². The summed E-state index contributed by atoms with van der Waals surface area (Å²) in [6.45, 7) is 7.70. The van der Waals surface area contributed by atoms with Gasteiger partial charge in [-0.25, -0.2) is 0 Å². The van der Waals surface area contributed by atoms with E-state index in [1.807, 2.05) is 0 Å². The van der Waals surface area contributed by atoms with E-state index in [0.717, 1.165) is 44.9 Å². The summed E-state index contributed by atoms with van der Waals surface area (Å²) < 4.78 is 25.2. The molecule has 5 N–H and O–H groups in total. The molecular formula is C33H52O9. The fourth-order valence-corrected chi connectivity index (χ4v) is 11.2. The first-order valence-electron chi connectivity index (χ1n) is 16.6. The maximum atomic E-state index is 10.5. The average Bonchev–Trinajstić information content (AvgIpc) is 3.43. The van der Waals surface area contributed by atoms with Gasteiger partial charge in [0, 0.05) is 24.9 Å². The van der Waals surface area contributed by atoms with Crippen LogP contribution in [-0.4, -0.2) is 94.1 Å². The molecule has 6 fully saturated rings. The molecule has 0 aromatic rings. The van der Waals surface area contributed by atoms with Crippen LogP contribution in [0.15, 0.2) is 11.6 Å². The van der Waals surface area contributed by atoms with E-state index in [2.05, 4.69) is 26.8 Å². The maximum absolute atomic E-state index is 10.5. The quantitative estimate of drug-likeness (QED) is 0.312. The van der Waals surface area contributed by atoms with E-state index in [1.54, 1.807) is 0 Å². The van der Waals surface area contributed by atoms with Crippen molar-refractivity contribution >= 4 is 0 Å². The lowest BCUT2D eigenvalue weighted by Crippen LogP contribution is -2.60. The molecule has 3 saturated heterocycles. The number of hydrogen-bond acceptors (Lipinski definition) is 9. The van der Waals surface area contributed by atoms with E-state index in [0.29, 0.717) is 36.2 Å². The second kappa shape index (κ2) is 10.7. The molecule has 16 atom stereocenters. The maximum Gasteiger partial charge on any atom is 0.186 e. The summed E-state index contributed by atoms with van der Waals surface area (Å²) in [5.74, 6) is 2.53. The number of aliphatic hydroxyl groups excluding tert-OH is 5. The van der Waals surface area contributed by atoms with E-state index in [4.69, 9.17) is 18.9 Å². The third kappa shape index (κ3) is 4.36. The zero-order valence-corrected chi connectivity index (χ0v) is 25.4. The number of rotatable bonds is 4. The Kier molecular flexibility index (Phi) is 7.68. The Morgan fingerprint density at radius 2 is 1.76 bits per heavy atom. The van der Waals surface area contributed by atoms with Gasteiger partial charge in [-0.2, -0.15) is 0 Å². The highest BCUT2D eigenvalue weighted by molar-refractivity contribution is 5.26. The molecule has 42 heavy (non-hydrogen) atoms. The summed E-state index contributed by atoms with van der Waals surface area (Å²) in [6, 6.07) is 0. The van der Waals surface area contributed by atoms with Crippen LogP contribution in [0, 0.1) is 46.3 Å². The number of fused-ring (bicyclic) bond motifs is 7. The number of hydrogen-bond donors (Lipinski definition) is 5. The lowest BCUT2D eigenvalue weighted by Gasteiger charge is -2.58. The highest BCUT2D eigenvalue weighted by Crippen LogP contribution is 2.70. The topological polar surface area (TPSA) is 138 Å². The number of aliphatic hydroxyl groups is 5. The van der Waals surface area contributed by atoms with Gasteiger partial charge < -0.3 is 44.5 Å². The summed E-state index contributed by atoms with van der Waals surface area (Å²) in [4.78, 5) is 0. The Hall–Kier alpha value is -0.620.